The fraction of sp³-hybridized carbons (Fsp3) is 0.375. The smallest absolute Gasteiger partial charge is 0.410 e. The summed E-state index contributed by atoms with van der Waals surface area (Å²) in [4.78, 5) is 52.6. The van der Waals surface area contributed by atoms with Crippen molar-refractivity contribution in [2.45, 2.75) is 32.4 Å². The van der Waals surface area contributed by atoms with Crippen molar-refractivity contribution in [1.82, 2.24) is 9.96 Å². The highest BCUT2D eigenvalue weighted by molar-refractivity contribution is 6.01. The molecule has 8 nitrogen and oxygen atoms in total. The number of likely N-dealkylation sites (N-methyl/N-ethyl adjacent to an activating group) is 1. The van der Waals surface area contributed by atoms with Crippen LogP contribution in [0, 0.1) is 0 Å². The van der Waals surface area contributed by atoms with E-state index in [2.05, 4.69) is 0 Å². The van der Waals surface area contributed by atoms with Crippen LogP contribution < -0.4 is 0 Å². The predicted molar refractivity (Wildman–Crippen MR) is 81.0 cm³/mol. The van der Waals surface area contributed by atoms with Crippen LogP contribution in [0.5, 0.6) is 0 Å². The molecule has 24 heavy (non-hydrogen) atoms. The Hall–Kier alpha value is -2.90. The van der Waals surface area contributed by atoms with E-state index in [0.717, 1.165) is 10.5 Å². The average molecular weight is 334 g/mol. The van der Waals surface area contributed by atoms with Crippen LogP contribution in [-0.2, 0) is 30.6 Å². The molecule has 1 aromatic carbocycles. The molecule has 0 saturated carbocycles. The molecule has 2 rings (SSSR count). The summed E-state index contributed by atoms with van der Waals surface area (Å²) < 4.78 is 5.11. The van der Waals surface area contributed by atoms with Gasteiger partial charge < -0.3 is 9.57 Å². The van der Waals surface area contributed by atoms with Crippen LogP contribution in [0.1, 0.15) is 25.3 Å². The van der Waals surface area contributed by atoms with Crippen molar-refractivity contribution in [1.29, 1.82) is 0 Å². The molecular weight excluding hydrogens is 316 g/mol. The summed E-state index contributed by atoms with van der Waals surface area (Å²) in [6.45, 7) is 1.48. The van der Waals surface area contributed by atoms with E-state index in [9.17, 15) is 19.2 Å². The maximum absolute atomic E-state index is 12.0. The fourth-order valence-corrected chi connectivity index (χ4v) is 1.96. The molecule has 1 aliphatic heterocycles. The molecule has 1 atom stereocenters. The molecule has 1 unspecified atom stereocenters. The van der Waals surface area contributed by atoms with Gasteiger partial charge in [-0.2, -0.15) is 0 Å². The number of carbonyl (C=O) groups excluding carboxylic acids is 4. The number of rotatable bonds is 5. The van der Waals surface area contributed by atoms with E-state index < -0.39 is 29.9 Å². The second-order valence-corrected chi connectivity index (χ2v) is 5.32. The lowest BCUT2D eigenvalue weighted by molar-refractivity contribution is -0.200. The first-order chi connectivity index (χ1) is 11.4. The number of carbonyl (C=O) groups is 4. The van der Waals surface area contributed by atoms with Crippen LogP contribution in [0.2, 0.25) is 0 Å². The summed E-state index contributed by atoms with van der Waals surface area (Å²) in [5.41, 5.74) is 0.808. The van der Waals surface area contributed by atoms with E-state index >= 15 is 0 Å². The van der Waals surface area contributed by atoms with E-state index in [-0.39, 0.29) is 19.4 Å². The average Bonchev–Trinajstić information content (AvgIpc) is 2.91. The van der Waals surface area contributed by atoms with Crippen LogP contribution in [0.15, 0.2) is 30.3 Å². The molecule has 0 N–H and O–H groups in total. The Labute approximate surface area is 138 Å². The third-order valence-electron chi connectivity index (χ3n) is 3.60. The van der Waals surface area contributed by atoms with E-state index in [4.69, 9.17) is 9.57 Å². The van der Waals surface area contributed by atoms with Gasteiger partial charge in [-0.05, 0) is 12.5 Å². The van der Waals surface area contributed by atoms with Crippen molar-refractivity contribution in [3.8, 4) is 0 Å². The molecule has 1 fully saturated rings. The van der Waals surface area contributed by atoms with Gasteiger partial charge in [-0.3, -0.25) is 14.5 Å². The van der Waals surface area contributed by atoms with Gasteiger partial charge in [0.25, 0.3) is 11.8 Å². The number of hydroxylamine groups is 2. The number of ether oxygens (including phenoxy) is 1. The Balaban J connectivity index is 1.87. The lowest BCUT2D eigenvalue weighted by Crippen LogP contribution is -2.44. The van der Waals surface area contributed by atoms with Gasteiger partial charge in [0, 0.05) is 19.9 Å². The third kappa shape index (κ3) is 4.09. The Bertz CT molecular complexity index is 629. The predicted octanol–water partition coefficient (Wildman–Crippen LogP) is 1.25. The lowest BCUT2D eigenvalue weighted by atomic mass is 10.2. The minimum Gasteiger partial charge on any atom is -0.445 e. The highest BCUT2D eigenvalue weighted by Crippen LogP contribution is 2.14. The highest BCUT2D eigenvalue weighted by Gasteiger charge is 2.35. The van der Waals surface area contributed by atoms with Crippen LogP contribution >= 0.6 is 0 Å². The Morgan fingerprint density at radius 1 is 1.17 bits per heavy atom. The molecule has 0 spiro atoms. The van der Waals surface area contributed by atoms with E-state index in [0.29, 0.717) is 5.06 Å². The molecule has 1 saturated heterocycles. The van der Waals surface area contributed by atoms with Gasteiger partial charge in [0.05, 0.1) is 0 Å². The molecule has 0 bridgehead atoms. The summed E-state index contributed by atoms with van der Waals surface area (Å²) in [6, 6.07) is 8.06. The van der Waals surface area contributed by atoms with E-state index in [1.165, 1.54) is 14.0 Å². The van der Waals surface area contributed by atoms with Crippen LogP contribution in [0.25, 0.3) is 0 Å². The minimum absolute atomic E-state index is 0.00938. The zero-order valence-corrected chi connectivity index (χ0v) is 13.4. The SMILES string of the molecule is CC(C(=O)ON1C(=O)CCC1=O)N(C)C(=O)OCc1ccccc1. The van der Waals surface area contributed by atoms with Gasteiger partial charge in [0.2, 0.25) is 0 Å². The van der Waals surface area contributed by atoms with Crippen molar-refractivity contribution >= 4 is 23.9 Å². The second-order valence-electron chi connectivity index (χ2n) is 5.32. The van der Waals surface area contributed by atoms with Gasteiger partial charge in [-0.15, -0.1) is 5.06 Å². The van der Waals surface area contributed by atoms with Gasteiger partial charge in [-0.25, -0.2) is 9.59 Å². The van der Waals surface area contributed by atoms with Crippen LogP contribution in [0.4, 0.5) is 4.79 Å². The summed E-state index contributed by atoms with van der Waals surface area (Å²) in [7, 11) is 1.37. The normalized spacial score (nSPS) is 15.2. The quantitative estimate of drug-likeness (QED) is 0.752. The van der Waals surface area contributed by atoms with Gasteiger partial charge in [0.15, 0.2) is 0 Å². The number of imide groups is 1. The zero-order chi connectivity index (χ0) is 17.7. The summed E-state index contributed by atoms with van der Waals surface area (Å²) in [5.74, 6) is -2.04. The van der Waals surface area contributed by atoms with Gasteiger partial charge >= 0.3 is 12.1 Å². The monoisotopic (exact) mass is 334 g/mol. The Morgan fingerprint density at radius 3 is 2.33 bits per heavy atom. The van der Waals surface area contributed by atoms with Crippen molar-refractivity contribution in [3.05, 3.63) is 35.9 Å². The molecule has 0 aromatic heterocycles. The van der Waals surface area contributed by atoms with Crippen molar-refractivity contribution in [2.24, 2.45) is 0 Å². The van der Waals surface area contributed by atoms with Crippen molar-refractivity contribution in [3.63, 3.8) is 0 Å². The van der Waals surface area contributed by atoms with E-state index in [1.54, 1.807) is 12.1 Å². The maximum Gasteiger partial charge on any atom is 0.410 e. The Morgan fingerprint density at radius 2 is 1.75 bits per heavy atom. The van der Waals surface area contributed by atoms with Gasteiger partial charge in [-0.1, -0.05) is 30.3 Å². The van der Waals surface area contributed by atoms with Crippen LogP contribution in [-0.4, -0.2) is 46.9 Å². The number of nitrogens with zero attached hydrogens (tertiary/aromatic N) is 2. The number of hydrogen-bond donors (Lipinski definition) is 0. The maximum atomic E-state index is 12.0. The molecule has 1 heterocycles. The lowest BCUT2D eigenvalue weighted by Gasteiger charge is -2.24. The fourth-order valence-electron chi connectivity index (χ4n) is 1.96. The van der Waals surface area contributed by atoms with E-state index in [1.807, 2.05) is 18.2 Å². The first kappa shape index (κ1) is 17.5. The van der Waals surface area contributed by atoms with Gasteiger partial charge in [0.1, 0.15) is 12.6 Å². The van der Waals surface area contributed by atoms with Crippen LogP contribution in [0.3, 0.4) is 0 Å². The molecule has 128 valence electrons. The number of benzene rings is 1. The zero-order valence-electron chi connectivity index (χ0n) is 13.4. The first-order valence-electron chi connectivity index (χ1n) is 7.41. The second kappa shape index (κ2) is 7.58. The highest BCUT2D eigenvalue weighted by atomic mass is 16.7. The molecule has 8 heteroatoms. The third-order valence-corrected chi connectivity index (χ3v) is 3.60. The largest absolute Gasteiger partial charge is 0.445 e. The summed E-state index contributed by atoms with van der Waals surface area (Å²) in [5, 5.41) is 0.446. The standard InChI is InChI=1S/C16H18N2O6/c1-11(15(21)24-18-13(19)8-9-14(18)20)17(2)16(22)23-10-12-6-4-3-5-7-12/h3-7,11H,8-10H2,1-2H3. The first-order valence-corrected chi connectivity index (χ1v) is 7.41. The molecular formula is C16H18N2O6. The molecule has 0 aliphatic carbocycles. The molecule has 1 aliphatic rings. The molecule has 3 amide bonds. The summed E-state index contributed by atoms with van der Waals surface area (Å²) in [6.07, 6.45) is -0.701. The topological polar surface area (TPSA) is 93.2 Å². The van der Waals surface area contributed by atoms with Crippen molar-refractivity contribution < 1.29 is 28.8 Å². The molecule has 0 radical (unpaired) electrons. The number of amides is 3. The Kier molecular flexibility index (Phi) is 5.51. The minimum atomic E-state index is -1.02. The molecule has 1 aromatic rings. The summed E-state index contributed by atoms with van der Waals surface area (Å²) >= 11 is 0. The van der Waals surface area contributed by atoms with Crippen molar-refractivity contribution in [2.75, 3.05) is 7.05 Å². The number of hydrogen-bond acceptors (Lipinski definition) is 6.